The van der Waals surface area contributed by atoms with Crippen molar-refractivity contribution in [3.05, 3.63) is 58.2 Å². The van der Waals surface area contributed by atoms with Crippen LogP contribution in [0.4, 0.5) is 0 Å². The maximum Gasteiger partial charge on any atom is 0.351 e. The van der Waals surface area contributed by atoms with Crippen LogP contribution in [-0.2, 0) is 11.3 Å². The minimum atomic E-state index is -0.450. The van der Waals surface area contributed by atoms with Crippen LogP contribution in [-0.4, -0.2) is 37.4 Å². The van der Waals surface area contributed by atoms with Crippen molar-refractivity contribution < 1.29 is 9.53 Å². The van der Waals surface area contributed by atoms with Crippen molar-refractivity contribution in [2.45, 2.75) is 46.4 Å². The van der Waals surface area contributed by atoms with E-state index < -0.39 is 5.69 Å². The number of ether oxygens (including phenoxy) is 1. The first-order valence-corrected chi connectivity index (χ1v) is 10.00. The fourth-order valence-corrected chi connectivity index (χ4v) is 3.13. The highest BCUT2D eigenvalue weighted by molar-refractivity contribution is 6.33. The van der Waals surface area contributed by atoms with Gasteiger partial charge in [0.25, 0.3) is 0 Å². The van der Waals surface area contributed by atoms with Crippen LogP contribution in [0, 0.1) is 0 Å². The number of nitrogens with zero attached hydrogens (tertiary/aromatic N) is 4. The smallest absolute Gasteiger partial charge is 0.351 e. The first-order valence-electron chi connectivity index (χ1n) is 9.62. The van der Waals surface area contributed by atoms with Gasteiger partial charge in [-0.15, -0.1) is 5.10 Å². The molecule has 2 heterocycles. The van der Waals surface area contributed by atoms with E-state index in [-0.39, 0.29) is 24.6 Å². The summed E-state index contributed by atoms with van der Waals surface area (Å²) in [6.45, 7) is 7.38. The van der Waals surface area contributed by atoms with E-state index >= 15 is 0 Å². The standard InChI is InChI=1S/C21H24ClN5O3/c1-13(2)24-19(28)12-26-21(29)27(15-5-7-16(8-6-15)30-14(3)4)20(25-26)17-9-10-23-11-18(17)22/h5-11,13-14H,12H2,1-4H3,(H,24,28). The zero-order valence-electron chi connectivity index (χ0n) is 17.3. The molecular formula is C21H24ClN5O3. The summed E-state index contributed by atoms with van der Waals surface area (Å²) in [4.78, 5) is 29.4. The fourth-order valence-electron chi connectivity index (χ4n) is 2.92. The van der Waals surface area contributed by atoms with E-state index in [1.807, 2.05) is 27.7 Å². The molecule has 1 aromatic carbocycles. The lowest BCUT2D eigenvalue weighted by molar-refractivity contribution is -0.122. The summed E-state index contributed by atoms with van der Waals surface area (Å²) in [7, 11) is 0. The van der Waals surface area contributed by atoms with Gasteiger partial charge in [0.2, 0.25) is 5.91 Å². The lowest BCUT2D eigenvalue weighted by Crippen LogP contribution is -2.36. The third kappa shape index (κ3) is 4.88. The molecule has 0 saturated carbocycles. The van der Waals surface area contributed by atoms with Gasteiger partial charge >= 0.3 is 5.69 Å². The lowest BCUT2D eigenvalue weighted by Gasteiger charge is -2.11. The number of carbonyl (C=O) groups excluding carboxylic acids is 1. The number of hydrogen-bond donors (Lipinski definition) is 1. The molecule has 3 rings (SSSR count). The summed E-state index contributed by atoms with van der Waals surface area (Å²) in [5, 5.41) is 7.51. The number of halogens is 1. The Balaban J connectivity index is 2.09. The monoisotopic (exact) mass is 429 g/mol. The van der Waals surface area contributed by atoms with Gasteiger partial charge in [0.05, 0.1) is 16.8 Å². The number of aromatic nitrogens is 4. The first kappa shape index (κ1) is 21.6. The Morgan fingerprint density at radius 2 is 1.87 bits per heavy atom. The molecule has 0 aliphatic carbocycles. The Morgan fingerprint density at radius 1 is 1.17 bits per heavy atom. The molecule has 0 aliphatic rings. The predicted molar refractivity (Wildman–Crippen MR) is 115 cm³/mol. The highest BCUT2D eigenvalue weighted by Gasteiger charge is 2.20. The highest BCUT2D eigenvalue weighted by Crippen LogP contribution is 2.27. The molecule has 0 radical (unpaired) electrons. The average molecular weight is 430 g/mol. The fraction of sp³-hybridized carbons (Fsp3) is 0.333. The molecule has 1 N–H and O–H groups in total. The summed E-state index contributed by atoms with van der Waals surface area (Å²) in [6, 6.07) is 8.72. The molecule has 0 bridgehead atoms. The van der Waals surface area contributed by atoms with Crippen molar-refractivity contribution in [1.29, 1.82) is 0 Å². The van der Waals surface area contributed by atoms with Gasteiger partial charge in [0.15, 0.2) is 5.82 Å². The van der Waals surface area contributed by atoms with Crippen LogP contribution in [0.2, 0.25) is 5.02 Å². The third-order valence-corrected chi connectivity index (χ3v) is 4.36. The van der Waals surface area contributed by atoms with Crippen molar-refractivity contribution in [2.24, 2.45) is 0 Å². The van der Waals surface area contributed by atoms with Crippen molar-refractivity contribution >= 4 is 17.5 Å². The second kappa shape index (κ2) is 9.13. The van der Waals surface area contributed by atoms with Crippen LogP contribution >= 0.6 is 11.6 Å². The van der Waals surface area contributed by atoms with Gasteiger partial charge in [-0.1, -0.05) is 11.6 Å². The maximum atomic E-state index is 13.2. The van der Waals surface area contributed by atoms with Gasteiger partial charge in [-0.3, -0.25) is 9.78 Å². The van der Waals surface area contributed by atoms with E-state index in [9.17, 15) is 9.59 Å². The molecule has 3 aromatic rings. The second-order valence-corrected chi connectivity index (χ2v) is 7.74. The summed E-state index contributed by atoms with van der Waals surface area (Å²) in [6.07, 6.45) is 3.09. The Bertz CT molecular complexity index is 1090. The Morgan fingerprint density at radius 3 is 2.47 bits per heavy atom. The van der Waals surface area contributed by atoms with E-state index in [4.69, 9.17) is 16.3 Å². The molecule has 0 atom stereocenters. The molecule has 0 aliphatic heterocycles. The van der Waals surface area contributed by atoms with Gasteiger partial charge in [0.1, 0.15) is 12.3 Å². The van der Waals surface area contributed by atoms with Crippen LogP contribution in [0.1, 0.15) is 27.7 Å². The van der Waals surface area contributed by atoms with E-state index in [0.717, 1.165) is 4.68 Å². The van der Waals surface area contributed by atoms with E-state index in [2.05, 4.69) is 15.4 Å². The molecule has 0 spiro atoms. The summed E-state index contributed by atoms with van der Waals surface area (Å²) in [5.74, 6) is 0.709. The predicted octanol–water partition coefficient (Wildman–Crippen LogP) is 3.06. The van der Waals surface area contributed by atoms with E-state index in [1.165, 1.54) is 10.8 Å². The van der Waals surface area contributed by atoms with Crippen molar-refractivity contribution in [3.8, 4) is 22.8 Å². The van der Waals surface area contributed by atoms with Gasteiger partial charge in [-0.05, 0) is 58.0 Å². The van der Waals surface area contributed by atoms with E-state index in [1.54, 1.807) is 36.5 Å². The number of rotatable bonds is 7. The zero-order valence-corrected chi connectivity index (χ0v) is 18.1. The number of amides is 1. The Kier molecular flexibility index (Phi) is 6.56. The van der Waals surface area contributed by atoms with Crippen molar-refractivity contribution in [3.63, 3.8) is 0 Å². The number of carbonyl (C=O) groups is 1. The number of pyridine rings is 1. The Labute approximate surface area is 179 Å². The van der Waals surface area contributed by atoms with Crippen LogP contribution in [0.15, 0.2) is 47.5 Å². The average Bonchev–Trinajstić information content (AvgIpc) is 2.97. The van der Waals surface area contributed by atoms with Crippen LogP contribution in [0.5, 0.6) is 5.75 Å². The highest BCUT2D eigenvalue weighted by atomic mass is 35.5. The SMILES string of the molecule is CC(C)NC(=O)Cn1nc(-c2ccncc2Cl)n(-c2ccc(OC(C)C)cc2)c1=O. The molecular weight excluding hydrogens is 406 g/mol. The van der Waals surface area contributed by atoms with Gasteiger partial charge < -0.3 is 10.1 Å². The van der Waals surface area contributed by atoms with Crippen LogP contribution in [0.3, 0.4) is 0 Å². The van der Waals surface area contributed by atoms with E-state index in [0.29, 0.717) is 27.8 Å². The maximum absolute atomic E-state index is 13.2. The molecule has 2 aromatic heterocycles. The molecule has 8 nitrogen and oxygen atoms in total. The second-order valence-electron chi connectivity index (χ2n) is 7.34. The molecule has 9 heteroatoms. The number of nitrogens with one attached hydrogen (secondary N) is 1. The quantitative estimate of drug-likeness (QED) is 0.623. The largest absolute Gasteiger partial charge is 0.491 e. The summed E-state index contributed by atoms with van der Waals surface area (Å²) < 4.78 is 8.22. The van der Waals surface area contributed by atoms with Crippen molar-refractivity contribution in [2.75, 3.05) is 0 Å². The number of hydrogen-bond acceptors (Lipinski definition) is 5. The van der Waals surface area contributed by atoms with Gasteiger partial charge in [0, 0.05) is 24.0 Å². The molecule has 30 heavy (non-hydrogen) atoms. The molecule has 0 fully saturated rings. The van der Waals surface area contributed by atoms with Gasteiger partial charge in [-0.2, -0.15) is 0 Å². The molecule has 158 valence electrons. The minimum absolute atomic E-state index is 0.0342. The van der Waals surface area contributed by atoms with Crippen LogP contribution in [0.25, 0.3) is 17.1 Å². The lowest BCUT2D eigenvalue weighted by atomic mass is 10.2. The first-order chi connectivity index (χ1) is 14.3. The van der Waals surface area contributed by atoms with Crippen LogP contribution < -0.4 is 15.7 Å². The topological polar surface area (TPSA) is 91.0 Å². The normalized spacial score (nSPS) is 11.2. The molecule has 0 unspecified atom stereocenters. The molecule has 1 amide bonds. The van der Waals surface area contributed by atoms with Crippen molar-refractivity contribution in [1.82, 2.24) is 24.6 Å². The Hall–Kier alpha value is -3.13. The third-order valence-electron chi connectivity index (χ3n) is 4.06. The summed E-state index contributed by atoms with van der Waals surface area (Å²) in [5.41, 5.74) is 0.665. The number of benzene rings is 1. The summed E-state index contributed by atoms with van der Waals surface area (Å²) >= 11 is 6.31. The minimum Gasteiger partial charge on any atom is -0.491 e. The molecule has 0 saturated heterocycles. The zero-order chi connectivity index (χ0) is 21.8. The van der Waals surface area contributed by atoms with Gasteiger partial charge in [-0.25, -0.2) is 14.0 Å².